The molecular weight excluding hydrogens is 1510 g/mol. The van der Waals surface area contributed by atoms with Gasteiger partial charge in [-0.25, -0.2) is 0 Å². The Kier molecular flexibility index (Phi) is 30.3. The lowest BCUT2D eigenvalue weighted by Gasteiger charge is -2.43. The maximum Gasteiger partial charge on any atom is 0.198 e. The molecule has 12 rings (SSSR count). The van der Waals surface area contributed by atoms with E-state index in [9.17, 15) is 39.0 Å². The molecule has 0 saturated carbocycles. The highest BCUT2D eigenvalue weighted by atomic mass is 35.5. The van der Waals surface area contributed by atoms with E-state index in [0.717, 1.165) is 126 Å². The van der Waals surface area contributed by atoms with E-state index < -0.39 is 56.6 Å². The fourth-order valence-electron chi connectivity index (χ4n) is 16.4. The Balaban J connectivity index is 0.000000240. The van der Waals surface area contributed by atoms with E-state index in [1.165, 1.54) is 11.1 Å². The third-order valence-corrected chi connectivity index (χ3v) is 22.6. The monoisotopic (exact) mass is 1630 g/mol. The van der Waals surface area contributed by atoms with Crippen molar-refractivity contribution in [3.05, 3.63) is 234 Å². The standard InChI is InChI=1S/C25H30O4.C25H30O3.C24H27ClO4.C24H27ClO3.3CH4/c1-8-16-10-11-17(18-12-9-15(2)13-20(18)28-7)14-19(16)21-22(26)24(3,4)29-25(5,6)23(21)27;1-8-17-10-11-18(19-12-9-15(2)13-16(19)3)14-20(17)21-22(26)24(4,5)28-25(6,7)23(21)27;1-7-14-8-9-15(17-11-10-16(25)13-19(17)28-6)12-18(14)20-21(26)23(2,3)29-24(4,5)22(20)27;1-7-15-8-9-16(18-11-10-17(25)12-14(18)2)13-19(15)20-21(26)23(3,4)28-24(5,6)22(20)27;;;/h9-14,21H,8H2,1-7H3;9-14,21H,8H2,1-7H3;8-13,26H,7H2,1-6H3;8-13,26H,7H2,1-6H3;3*1H4. The second-order valence-corrected chi connectivity index (χ2v) is 35.1. The van der Waals surface area contributed by atoms with E-state index in [0.29, 0.717) is 32.5 Å². The molecule has 0 atom stereocenters. The van der Waals surface area contributed by atoms with Crippen molar-refractivity contribution in [2.24, 2.45) is 0 Å². The molecule has 4 aliphatic heterocycles. The molecule has 117 heavy (non-hydrogen) atoms. The Morgan fingerprint density at radius 2 is 0.607 bits per heavy atom. The van der Waals surface area contributed by atoms with Crippen molar-refractivity contribution in [2.75, 3.05) is 14.2 Å². The zero-order valence-corrected chi connectivity index (χ0v) is 72.9. The molecule has 0 spiro atoms. The number of aryl methyl sites for hydroxylation is 8. The van der Waals surface area contributed by atoms with Crippen LogP contribution in [0.5, 0.6) is 11.5 Å². The SMILES string of the molecule is C.C.C.CCc1ccc(-c2ccc(C)cc2C)cc1C1C(=O)C(C)(C)OC(C)(C)C1=O.CCc1ccc(-c2ccc(C)cc2OC)cc1C1C(=O)C(C)(C)OC(C)(C)C1=O.CCc1ccc(-c2ccc(Cl)cc2C)cc1C1=C(O)C(C)(C)OC(C)(C)C1=O.CCc1ccc(-c2ccc(Cl)cc2OC)cc1C1=C(O)C(C)(C)OC(C)(C)C1=O. The minimum Gasteiger partial charge on any atom is -0.508 e. The van der Waals surface area contributed by atoms with Crippen LogP contribution in [0.3, 0.4) is 0 Å². The van der Waals surface area contributed by atoms with Gasteiger partial charge in [-0.05, 0) is 319 Å². The molecule has 4 aliphatic rings. The first-order valence-electron chi connectivity index (χ1n) is 39.3. The molecular formula is C101H126Cl2O14. The minimum absolute atomic E-state index is 0. The second-order valence-electron chi connectivity index (χ2n) is 34.2. The summed E-state index contributed by atoms with van der Waals surface area (Å²) >= 11 is 12.2. The molecule has 0 unspecified atom stereocenters. The molecule has 2 fully saturated rings. The van der Waals surface area contributed by atoms with Crippen molar-refractivity contribution in [1.29, 1.82) is 0 Å². The Morgan fingerprint density at radius 3 is 0.957 bits per heavy atom. The van der Waals surface area contributed by atoms with Crippen LogP contribution in [0.1, 0.15) is 239 Å². The number of hydrogen-bond acceptors (Lipinski definition) is 14. The van der Waals surface area contributed by atoms with Crippen LogP contribution in [0.15, 0.2) is 157 Å². The summed E-state index contributed by atoms with van der Waals surface area (Å²) in [5.41, 5.74) is 12.1. The number of Topliss-reactive ketones (excluding diaryl/α,β-unsaturated/α-hetero) is 6. The molecule has 14 nitrogen and oxygen atoms in total. The highest BCUT2D eigenvalue weighted by Gasteiger charge is 2.56. The summed E-state index contributed by atoms with van der Waals surface area (Å²) in [4.78, 5) is 79.4. The van der Waals surface area contributed by atoms with E-state index >= 15 is 0 Å². The summed E-state index contributed by atoms with van der Waals surface area (Å²) in [7, 11) is 3.24. The Bertz CT molecular complexity index is 5140. The van der Waals surface area contributed by atoms with Gasteiger partial charge in [0.05, 0.1) is 25.4 Å². The quantitative estimate of drug-likeness (QED) is 0.0975. The average molecular weight is 1640 g/mol. The molecule has 0 bridgehead atoms. The fourth-order valence-corrected chi connectivity index (χ4v) is 16.7. The number of aliphatic hydroxyl groups is 2. The Hall–Kier alpha value is -9.12. The topological polar surface area (TPSA) is 198 Å². The van der Waals surface area contributed by atoms with Crippen LogP contribution in [-0.2, 0) is 73.4 Å². The third kappa shape index (κ3) is 19.9. The minimum atomic E-state index is -1.04. The maximum atomic E-state index is 13.3. The molecule has 628 valence electrons. The summed E-state index contributed by atoms with van der Waals surface area (Å²) in [5.74, 6) is -1.42. The molecule has 16 heteroatoms. The van der Waals surface area contributed by atoms with Gasteiger partial charge in [0.1, 0.15) is 79.7 Å². The van der Waals surface area contributed by atoms with Gasteiger partial charge in [0.2, 0.25) is 0 Å². The number of carbonyl (C=O) groups is 6. The first kappa shape index (κ1) is 96.7. The van der Waals surface area contributed by atoms with Crippen molar-refractivity contribution in [3.63, 3.8) is 0 Å². The van der Waals surface area contributed by atoms with Crippen LogP contribution < -0.4 is 9.47 Å². The van der Waals surface area contributed by atoms with Gasteiger partial charge in [-0.1, -0.05) is 164 Å². The van der Waals surface area contributed by atoms with E-state index in [1.807, 2.05) is 132 Å². The molecule has 8 aromatic rings. The average Bonchev–Trinajstić information content (AvgIpc) is 0.757. The summed E-state index contributed by atoms with van der Waals surface area (Å²) in [5, 5.41) is 23.2. The van der Waals surface area contributed by atoms with Crippen LogP contribution in [0.4, 0.5) is 0 Å². The van der Waals surface area contributed by atoms with Crippen LogP contribution in [-0.4, -0.2) is 104 Å². The highest BCUT2D eigenvalue weighted by molar-refractivity contribution is 6.31. The van der Waals surface area contributed by atoms with Crippen LogP contribution in [0.25, 0.3) is 55.7 Å². The molecule has 0 aromatic heterocycles. The molecule has 0 amide bonds. The first-order valence-corrected chi connectivity index (χ1v) is 40.0. The van der Waals surface area contributed by atoms with Gasteiger partial charge in [0.15, 0.2) is 34.7 Å². The number of ketones is 6. The third-order valence-electron chi connectivity index (χ3n) is 22.2. The zero-order valence-electron chi connectivity index (χ0n) is 71.4. The number of benzene rings is 8. The summed E-state index contributed by atoms with van der Waals surface area (Å²) in [6, 6.07) is 47.8. The number of aliphatic hydroxyl groups excluding tert-OH is 2. The van der Waals surface area contributed by atoms with Crippen LogP contribution >= 0.6 is 23.2 Å². The second kappa shape index (κ2) is 36.6. The largest absolute Gasteiger partial charge is 0.508 e. The lowest BCUT2D eigenvalue weighted by Crippen LogP contribution is -2.58. The number of methoxy groups -OCH3 is 2. The molecule has 4 heterocycles. The molecule has 8 aromatic carbocycles. The van der Waals surface area contributed by atoms with Gasteiger partial charge in [-0.3, -0.25) is 28.8 Å². The van der Waals surface area contributed by atoms with E-state index in [-0.39, 0.29) is 68.5 Å². The smallest absolute Gasteiger partial charge is 0.198 e. The number of rotatable bonds is 14. The number of halogens is 2. The summed E-state index contributed by atoms with van der Waals surface area (Å²) < 4.78 is 34.6. The van der Waals surface area contributed by atoms with Gasteiger partial charge in [0, 0.05) is 21.2 Å². The van der Waals surface area contributed by atoms with Gasteiger partial charge in [-0.2, -0.15) is 0 Å². The number of hydrogen-bond donors (Lipinski definition) is 2. The van der Waals surface area contributed by atoms with Gasteiger partial charge >= 0.3 is 0 Å². The Labute approximate surface area is 707 Å². The van der Waals surface area contributed by atoms with E-state index in [2.05, 4.69) is 57.2 Å². The van der Waals surface area contributed by atoms with Crippen molar-refractivity contribution >= 4 is 69.0 Å². The lowest BCUT2D eigenvalue weighted by molar-refractivity contribution is -0.185. The van der Waals surface area contributed by atoms with Gasteiger partial charge in [-0.15, -0.1) is 0 Å². The maximum absolute atomic E-state index is 13.3. The van der Waals surface area contributed by atoms with Crippen molar-refractivity contribution in [2.45, 2.75) is 271 Å². The summed E-state index contributed by atoms with van der Waals surface area (Å²) in [6.45, 7) is 44.5. The number of ether oxygens (including phenoxy) is 6. The zero-order chi connectivity index (χ0) is 84.8. The van der Waals surface area contributed by atoms with Crippen molar-refractivity contribution in [3.8, 4) is 56.0 Å². The molecule has 2 N–H and O–H groups in total. The molecule has 0 radical (unpaired) electrons. The predicted molar refractivity (Wildman–Crippen MR) is 479 cm³/mol. The van der Waals surface area contributed by atoms with Gasteiger partial charge < -0.3 is 38.6 Å². The molecule has 0 aliphatic carbocycles. The van der Waals surface area contributed by atoms with Gasteiger partial charge in [0.25, 0.3) is 0 Å². The number of carbonyl (C=O) groups excluding carboxylic acids is 6. The van der Waals surface area contributed by atoms with E-state index in [4.69, 9.17) is 51.6 Å². The lowest BCUT2D eigenvalue weighted by atomic mass is 9.73. The Morgan fingerprint density at radius 1 is 0.325 bits per heavy atom. The normalized spacial score (nSPS) is 18.1. The van der Waals surface area contributed by atoms with Crippen molar-refractivity contribution < 1.29 is 67.4 Å². The predicted octanol–water partition coefficient (Wildman–Crippen LogP) is 24.6. The van der Waals surface area contributed by atoms with Crippen molar-refractivity contribution in [1.82, 2.24) is 0 Å². The van der Waals surface area contributed by atoms with Crippen LogP contribution in [0.2, 0.25) is 10.0 Å². The van der Waals surface area contributed by atoms with E-state index in [1.54, 1.807) is 137 Å². The van der Waals surface area contributed by atoms with Crippen LogP contribution in [0, 0.1) is 27.7 Å². The highest BCUT2D eigenvalue weighted by Crippen LogP contribution is 2.48. The summed E-state index contributed by atoms with van der Waals surface area (Å²) in [6.07, 6.45) is 2.97. The fraction of sp³-hybridized carbons (Fsp3) is 0.426. The first-order chi connectivity index (χ1) is 53.0. The molecule has 2 saturated heterocycles.